The molecule has 0 aromatic rings. The maximum Gasteiger partial charge on any atom is 0.226 e. The second-order valence-corrected chi connectivity index (χ2v) is 11.3. The van der Waals surface area contributed by atoms with Crippen molar-refractivity contribution in [1.29, 1.82) is 5.26 Å². The number of primary amides is 1. The van der Waals surface area contributed by atoms with Gasteiger partial charge in [0, 0.05) is 56.4 Å². The van der Waals surface area contributed by atoms with E-state index >= 15 is 0 Å². The molecule has 2 aliphatic heterocycles. The first-order chi connectivity index (χ1) is 17.4. The molecule has 36 heavy (non-hydrogen) atoms. The van der Waals surface area contributed by atoms with Gasteiger partial charge in [0.25, 0.3) is 0 Å². The maximum atomic E-state index is 14.1. The van der Waals surface area contributed by atoms with Gasteiger partial charge in [-0.3, -0.25) is 14.4 Å². The molecule has 3 amide bonds. The Hall–Kier alpha value is -2.18. The van der Waals surface area contributed by atoms with Gasteiger partial charge in [-0.05, 0) is 38.0 Å². The summed E-state index contributed by atoms with van der Waals surface area (Å²) in [6.07, 6.45) is 8.86. The molecule has 200 valence electrons. The first-order valence-corrected chi connectivity index (χ1v) is 13.9. The van der Waals surface area contributed by atoms with Crippen molar-refractivity contribution in [2.24, 2.45) is 28.9 Å². The molecule has 2 saturated carbocycles. The van der Waals surface area contributed by atoms with Gasteiger partial charge >= 0.3 is 0 Å². The monoisotopic (exact) mass is 502 g/mol. The molecule has 4 rings (SSSR count). The van der Waals surface area contributed by atoms with Crippen LogP contribution in [-0.2, 0) is 23.9 Å². The minimum atomic E-state index is -0.974. The Kier molecular flexibility index (Phi) is 8.89. The second kappa shape index (κ2) is 11.9. The van der Waals surface area contributed by atoms with Crippen molar-refractivity contribution in [2.45, 2.75) is 82.6 Å². The van der Waals surface area contributed by atoms with Crippen LogP contribution in [0.25, 0.3) is 0 Å². The Morgan fingerprint density at radius 1 is 0.944 bits per heavy atom. The van der Waals surface area contributed by atoms with E-state index in [9.17, 15) is 19.6 Å². The summed E-state index contributed by atoms with van der Waals surface area (Å²) >= 11 is 0. The topological polar surface area (TPSA) is 135 Å². The average Bonchev–Trinajstić information content (AvgIpc) is 2.92. The van der Waals surface area contributed by atoms with Crippen molar-refractivity contribution in [3.05, 3.63) is 0 Å². The lowest BCUT2D eigenvalue weighted by Crippen LogP contribution is -2.56. The van der Waals surface area contributed by atoms with Crippen molar-refractivity contribution < 1.29 is 23.9 Å². The first kappa shape index (κ1) is 26.9. The molecule has 0 radical (unpaired) electrons. The number of nitrogens with one attached hydrogen (secondary N) is 1. The van der Waals surface area contributed by atoms with Gasteiger partial charge in [-0.25, -0.2) is 0 Å². The largest absolute Gasteiger partial charge is 0.381 e. The SMILES string of the molecule is N#CC1(NC(=O)C(CC2(C(N)=O)CCCCC2)C2CCCCC2C(=O)N2CCOCC2)CCOCC1. The number of carbonyl (C=O) groups is 3. The predicted molar refractivity (Wildman–Crippen MR) is 132 cm³/mol. The molecule has 4 fully saturated rings. The Morgan fingerprint density at radius 3 is 2.22 bits per heavy atom. The van der Waals surface area contributed by atoms with Crippen LogP contribution in [-0.4, -0.2) is 67.7 Å². The van der Waals surface area contributed by atoms with E-state index in [2.05, 4.69) is 11.4 Å². The molecule has 2 saturated heterocycles. The fraction of sp³-hybridized carbons (Fsp3) is 0.852. The van der Waals surface area contributed by atoms with Crippen LogP contribution in [0.15, 0.2) is 0 Å². The van der Waals surface area contributed by atoms with Crippen LogP contribution in [0.3, 0.4) is 0 Å². The minimum Gasteiger partial charge on any atom is -0.381 e. The van der Waals surface area contributed by atoms with Crippen molar-refractivity contribution in [3.63, 3.8) is 0 Å². The van der Waals surface area contributed by atoms with E-state index < -0.39 is 16.9 Å². The summed E-state index contributed by atoms with van der Waals surface area (Å²) in [6, 6.07) is 2.34. The summed E-state index contributed by atoms with van der Waals surface area (Å²) in [5, 5.41) is 13.1. The Labute approximate surface area is 214 Å². The van der Waals surface area contributed by atoms with Crippen LogP contribution in [0.4, 0.5) is 0 Å². The van der Waals surface area contributed by atoms with Gasteiger partial charge in [-0.2, -0.15) is 5.26 Å². The fourth-order valence-corrected chi connectivity index (χ4v) is 6.92. The Bertz CT molecular complexity index is 838. The Morgan fingerprint density at radius 2 is 1.58 bits per heavy atom. The zero-order valence-corrected chi connectivity index (χ0v) is 21.5. The van der Waals surface area contributed by atoms with E-state index in [-0.39, 0.29) is 29.6 Å². The molecule has 3 unspecified atom stereocenters. The van der Waals surface area contributed by atoms with E-state index in [1.165, 1.54) is 0 Å². The number of carbonyl (C=O) groups excluding carboxylic acids is 3. The third-order valence-corrected chi connectivity index (χ3v) is 9.18. The van der Waals surface area contributed by atoms with E-state index in [4.69, 9.17) is 15.2 Å². The lowest BCUT2D eigenvalue weighted by atomic mass is 9.62. The standard InChI is InChI=1S/C27H42N4O5/c28-19-27(10-14-35-15-11-27)30-23(32)22(18-26(25(29)34)8-4-1-5-9-26)20-6-2-3-7-21(20)24(33)31-12-16-36-17-13-31/h20-22H,1-18H2,(H2,29,34)(H,30,32). The molecular weight excluding hydrogens is 460 g/mol. The van der Waals surface area contributed by atoms with Gasteiger partial charge in [-0.1, -0.05) is 32.1 Å². The average molecular weight is 503 g/mol. The smallest absolute Gasteiger partial charge is 0.226 e. The normalized spacial score (nSPS) is 28.9. The number of rotatable bonds is 7. The predicted octanol–water partition coefficient (Wildman–Crippen LogP) is 2.28. The van der Waals surface area contributed by atoms with Crippen LogP contribution in [0.5, 0.6) is 0 Å². The minimum absolute atomic E-state index is 0.0960. The van der Waals surface area contributed by atoms with Crippen LogP contribution >= 0.6 is 0 Å². The molecule has 3 atom stereocenters. The lowest BCUT2D eigenvalue weighted by molar-refractivity contribution is -0.146. The van der Waals surface area contributed by atoms with E-state index in [1.54, 1.807) is 0 Å². The zero-order chi connectivity index (χ0) is 25.6. The van der Waals surface area contributed by atoms with E-state index in [1.807, 2.05) is 4.90 Å². The molecule has 9 nitrogen and oxygen atoms in total. The summed E-state index contributed by atoms with van der Waals surface area (Å²) in [4.78, 5) is 42.4. The molecular formula is C27H42N4O5. The first-order valence-electron chi connectivity index (χ1n) is 13.9. The number of amides is 3. The van der Waals surface area contributed by atoms with Crippen molar-refractivity contribution >= 4 is 17.7 Å². The number of hydrogen-bond acceptors (Lipinski definition) is 6. The third kappa shape index (κ3) is 5.86. The van der Waals surface area contributed by atoms with Gasteiger partial charge in [0.2, 0.25) is 17.7 Å². The van der Waals surface area contributed by atoms with Crippen molar-refractivity contribution in [1.82, 2.24) is 10.2 Å². The van der Waals surface area contributed by atoms with E-state index in [0.717, 1.165) is 44.9 Å². The highest BCUT2D eigenvalue weighted by molar-refractivity contribution is 5.86. The second-order valence-electron chi connectivity index (χ2n) is 11.3. The van der Waals surface area contributed by atoms with Gasteiger partial charge in [-0.15, -0.1) is 0 Å². The maximum absolute atomic E-state index is 14.1. The number of nitriles is 1. The Balaban J connectivity index is 1.63. The highest BCUT2D eigenvalue weighted by Gasteiger charge is 2.49. The van der Waals surface area contributed by atoms with Gasteiger partial charge in [0.15, 0.2) is 0 Å². The molecule has 2 aliphatic carbocycles. The van der Waals surface area contributed by atoms with Crippen LogP contribution in [0.1, 0.15) is 77.0 Å². The van der Waals surface area contributed by atoms with Crippen molar-refractivity contribution in [2.75, 3.05) is 39.5 Å². The summed E-state index contributed by atoms with van der Waals surface area (Å²) < 4.78 is 10.9. The van der Waals surface area contributed by atoms with E-state index in [0.29, 0.717) is 71.6 Å². The van der Waals surface area contributed by atoms with Crippen LogP contribution < -0.4 is 11.1 Å². The van der Waals surface area contributed by atoms with Crippen molar-refractivity contribution in [3.8, 4) is 6.07 Å². The van der Waals surface area contributed by atoms with Crippen LogP contribution in [0.2, 0.25) is 0 Å². The zero-order valence-electron chi connectivity index (χ0n) is 21.5. The summed E-state index contributed by atoms with van der Waals surface area (Å²) in [7, 11) is 0. The number of nitrogens with two attached hydrogens (primary N) is 1. The molecule has 4 aliphatic rings. The summed E-state index contributed by atoms with van der Waals surface area (Å²) in [5.74, 6) is -1.45. The quantitative estimate of drug-likeness (QED) is 0.548. The molecule has 0 aromatic heterocycles. The highest BCUT2D eigenvalue weighted by atomic mass is 16.5. The number of ether oxygens (including phenoxy) is 2. The molecule has 2 heterocycles. The lowest BCUT2D eigenvalue weighted by Gasteiger charge is -2.44. The molecule has 3 N–H and O–H groups in total. The highest BCUT2D eigenvalue weighted by Crippen LogP contribution is 2.47. The summed E-state index contributed by atoms with van der Waals surface area (Å²) in [6.45, 7) is 3.05. The number of morpholine rings is 1. The molecule has 0 bridgehead atoms. The van der Waals surface area contributed by atoms with Gasteiger partial charge in [0.1, 0.15) is 5.54 Å². The van der Waals surface area contributed by atoms with Gasteiger partial charge in [0.05, 0.1) is 19.3 Å². The third-order valence-electron chi connectivity index (χ3n) is 9.18. The number of hydrogen-bond donors (Lipinski definition) is 2. The van der Waals surface area contributed by atoms with Crippen LogP contribution in [0, 0.1) is 34.5 Å². The van der Waals surface area contributed by atoms with Gasteiger partial charge < -0.3 is 25.4 Å². The summed E-state index contributed by atoms with van der Waals surface area (Å²) in [5.41, 5.74) is 4.29. The number of nitrogens with zero attached hydrogens (tertiary/aromatic N) is 2. The molecule has 0 spiro atoms. The fourth-order valence-electron chi connectivity index (χ4n) is 6.92. The molecule has 9 heteroatoms. The molecule has 0 aromatic carbocycles.